The van der Waals surface area contributed by atoms with E-state index >= 15 is 0 Å². The Kier molecular flexibility index (Phi) is 14.1. The molecule has 0 radical (unpaired) electrons. The van der Waals surface area contributed by atoms with Crippen molar-refractivity contribution in [3.05, 3.63) is 148 Å². The van der Waals surface area contributed by atoms with Gasteiger partial charge < -0.3 is 15.1 Å². The van der Waals surface area contributed by atoms with Gasteiger partial charge in [-0.3, -0.25) is 19.8 Å². The molecule has 5 aromatic carbocycles. The van der Waals surface area contributed by atoms with Crippen LogP contribution in [0.15, 0.2) is 131 Å². The maximum Gasteiger partial charge on any atom is 0.293 e. The molecular weight excluding hydrogens is 812 g/mol. The largest absolute Gasteiger partial charge is 0.376 e. The van der Waals surface area contributed by atoms with E-state index in [0.717, 1.165) is 56.1 Å². The molecule has 5 aromatic rings. The van der Waals surface area contributed by atoms with Crippen molar-refractivity contribution in [3.63, 3.8) is 0 Å². The molecule has 0 spiro atoms. The zero-order valence-electron chi connectivity index (χ0n) is 32.8. The molecule has 1 aliphatic rings. The van der Waals surface area contributed by atoms with Crippen molar-refractivity contribution in [1.29, 1.82) is 0 Å². The van der Waals surface area contributed by atoms with Crippen LogP contribution in [-0.4, -0.2) is 96.1 Å². The lowest BCUT2D eigenvalue weighted by molar-refractivity contribution is -0.384. The number of benzene rings is 5. The highest BCUT2D eigenvalue weighted by atomic mass is 35.5. The van der Waals surface area contributed by atoms with Gasteiger partial charge in [0.25, 0.3) is 21.6 Å². The molecule has 1 aliphatic heterocycles. The molecule has 0 unspecified atom stereocenters. The number of amides is 1. The number of halogens is 1. The fourth-order valence-corrected chi connectivity index (χ4v) is 9.71. The number of hydrogen-bond donors (Lipinski definition) is 2. The molecule has 59 heavy (non-hydrogen) atoms. The molecule has 1 heterocycles. The van der Waals surface area contributed by atoms with Gasteiger partial charge in [0.05, 0.1) is 20.5 Å². The Hall–Kier alpha value is -5.32. The topological polar surface area (TPSA) is 162 Å². The molecule has 1 saturated heterocycles. The third kappa shape index (κ3) is 11.5. The summed E-state index contributed by atoms with van der Waals surface area (Å²) >= 11 is 6.11. The lowest BCUT2D eigenvalue weighted by Crippen LogP contribution is -2.46. The molecule has 1 fully saturated rings. The summed E-state index contributed by atoms with van der Waals surface area (Å²) in [6.07, 6.45) is 0.966. The van der Waals surface area contributed by atoms with Gasteiger partial charge in [-0.05, 0) is 111 Å². The number of carbonyl (C=O) groups excluding carboxylic acids is 1. The summed E-state index contributed by atoms with van der Waals surface area (Å²) in [7, 11) is -4.53. The van der Waals surface area contributed by atoms with Crippen LogP contribution in [0.2, 0.25) is 5.02 Å². The van der Waals surface area contributed by atoms with Crippen molar-refractivity contribution in [2.45, 2.75) is 35.2 Å². The van der Waals surface area contributed by atoms with Gasteiger partial charge in [-0.1, -0.05) is 66.2 Å². The van der Waals surface area contributed by atoms with E-state index in [1.807, 2.05) is 60.1 Å². The molecule has 16 heteroatoms. The third-order valence-corrected chi connectivity index (χ3v) is 13.6. The first kappa shape index (κ1) is 43.3. The van der Waals surface area contributed by atoms with Gasteiger partial charge in [-0.15, -0.1) is 0 Å². The van der Waals surface area contributed by atoms with Crippen LogP contribution in [0.4, 0.5) is 17.1 Å². The third-order valence-electron chi connectivity index (χ3n) is 10.2. The SMILES string of the molecule is CN(C)CCC[C@H](CS(=O)(=O)c1ccccc1)Nc1ccc(S(=O)(=O)NC(=O)c2ccc(N3CCN(Cc4ccccc4-c4ccc(Cl)cc4)CC3)cc2)cc1[N+](=O)[O-]. The van der Waals surface area contributed by atoms with E-state index < -0.39 is 47.3 Å². The van der Waals surface area contributed by atoms with E-state index in [2.05, 4.69) is 27.2 Å². The van der Waals surface area contributed by atoms with Crippen LogP contribution in [0.25, 0.3) is 11.1 Å². The minimum atomic E-state index is -4.54. The highest BCUT2D eigenvalue weighted by Gasteiger charge is 2.28. The lowest BCUT2D eigenvalue weighted by Gasteiger charge is -2.36. The number of nitrogens with zero attached hydrogens (tertiary/aromatic N) is 4. The number of carbonyl (C=O) groups is 1. The molecule has 13 nitrogen and oxygen atoms in total. The Labute approximate surface area is 350 Å². The molecule has 0 bridgehead atoms. The van der Waals surface area contributed by atoms with Crippen molar-refractivity contribution in [2.24, 2.45) is 0 Å². The van der Waals surface area contributed by atoms with Crippen LogP contribution in [0.3, 0.4) is 0 Å². The number of sulfone groups is 1. The van der Waals surface area contributed by atoms with Crippen LogP contribution < -0.4 is 14.9 Å². The Morgan fingerprint density at radius 2 is 1.49 bits per heavy atom. The number of nitro groups is 1. The zero-order valence-corrected chi connectivity index (χ0v) is 35.2. The van der Waals surface area contributed by atoms with Crippen molar-refractivity contribution >= 4 is 54.4 Å². The number of hydrogen-bond acceptors (Lipinski definition) is 11. The number of anilines is 2. The Balaban J connectivity index is 1.08. The van der Waals surface area contributed by atoms with Crippen LogP contribution in [0, 0.1) is 10.1 Å². The lowest BCUT2D eigenvalue weighted by atomic mass is 9.99. The van der Waals surface area contributed by atoms with Gasteiger partial charge in [0.1, 0.15) is 5.69 Å². The number of piperazine rings is 1. The first-order valence-corrected chi connectivity index (χ1v) is 22.7. The maximum absolute atomic E-state index is 13.4. The molecule has 0 aromatic heterocycles. The molecule has 0 aliphatic carbocycles. The second-order valence-corrected chi connectivity index (χ2v) is 18.9. The summed E-state index contributed by atoms with van der Waals surface area (Å²) in [4.78, 5) is 30.9. The van der Waals surface area contributed by atoms with Gasteiger partial charge in [-0.25, -0.2) is 21.6 Å². The van der Waals surface area contributed by atoms with E-state index in [1.165, 1.54) is 29.3 Å². The predicted octanol–water partition coefficient (Wildman–Crippen LogP) is 6.95. The second kappa shape index (κ2) is 19.2. The molecule has 2 N–H and O–H groups in total. The first-order chi connectivity index (χ1) is 28.2. The Morgan fingerprint density at radius 1 is 0.831 bits per heavy atom. The predicted molar refractivity (Wildman–Crippen MR) is 232 cm³/mol. The number of nitro benzene ring substituents is 1. The minimum absolute atomic E-state index is 0.0439. The first-order valence-electron chi connectivity index (χ1n) is 19.1. The highest BCUT2D eigenvalue weighted by Crippen LogP contribution is 2.30. The normalized spacial score (nSPS) is 14.2. The van der Waals surface area contributed by atoms with E-state index in [0.29, 0.717) is 24.4 Å². The summed E-state index contributed by atoms with van der Waals surface area (Å²) in [5, 5.41) is 15.9. The van der Waals surface area contributed by atoms with Crippen molar-refractivity contribution < 1.29 is 26.6 Å². The van der Waals surface area contributed by atoms with Crippen molar-refractivity contribution in [1.82, 2.24) is 14.5 Å². The van der Waals surface area contributed by atoms with Gasteiger partial charge in [0, 0.05) is 61.1 Å². The van der Waals surface area contributed by atoms with Gasteiger partial charge >= 0.3 is 0 Å². The molecule has 310 valence electrons. The quantitative estimate of drug-likeness (QED) is 0.0735. The average Bonchev–Trinajstić information content (AvgIpc) is 3.21. The summed E-state index contributed by atoms with van der Waals surface area (Å²) < 4.78 is 55.3. The van der Waals surface area contributed by atoms with Gasteiger partial charge in [0.15, 0.2) is 9.84 Å². The number of nitrogens with one attached hydrogen (secondary N) is 2. The summed E-state index contributed by atoms with van der Waals surface area (Å²) in [5.41, 5.74) is 3.87. The van der Waals surface area contributed by atoms with Crippen molar-refractivity contribution in [2.75, 3.05) is 62.8 Å². The fraction of sp³-hybridized carbons (Fsp3) is 0.279. The molecule has 0 saturated carbocycles. The highest BCUT2D eigenvalue weighted by molar-refractivity contribution is 7.91. The molecular formula is C43H47ClN6O7S2. The average molecular weight is 859 g/mol. The van der Waals surface area contributed by atoms with Gasteiger partial charge in [-0.2, -0.15) is 0 Å². The Morgan fingerprint density at radius 3 is 2.15 bits per heavy atom. The van der Waals surface area contributed by atoms with Crippen molar-refractivity contribution in [3.8, 4) is 11.1 Å². The molecule has 6 rings (SSSR count). The minimum Gasteiger partial charge on any atom is -0.376 e. The molecule has 1 amide bonds. The summed E-state index contributed by atoms with van der Waals surface area (Å²) in [6, 6.07) is 33.2. The van der Waals surface area contributed by atoms with E-state index in [4.69, 9.17) is 11.6 Å². The number of sulfonamides is 1. The van der Waals surface area contributed by atoms with Crippen LogP contribution in [0.5, 0.6) is 0 Å². The van der Waals surface area contributed by atoms with Crippen LogP contribution >= 0.6 is 11.6 Å². The molecule has 1 atom stereocenters. The zero-order chi connectivity index (χ0) is 42.2. The van der Waals surface area contributed by atoms with E-state index in [-0.39, 0.29) is 21.9 Å². The monoisotopic (exact) mass is 858 g/mol. The van der Waals surface area contributed by atoms with Crippen LogP contribution in [-0.2, 0) is 26.4 Å². The standard InChI is InChI=1S/C43H47ClN6O7S2/c1-47(2)24-8-10-36(31-58(54,55)38-11-4-3-5-12-38)45-41-23-22-39(29-42(41)50(52)53)59(56,57)46-43(51)33-16-20-37(21-17-33)49-27-25-48(26-28-49)30-34-9-6-7-13-40(34)32-14-18-35(44)19-15-32/h3-7,9,11-23,29,36,45H,8,10,24-28,30-31H2,1-2H3,(H,46,51)/t36-/m1/s1. The number of rotatable bonds is 17. The van der Waals surface area contributed by atoms with E-state index in [9.17, 15) is 31.7 Å². The van der Waals surface area contributed by atoms with Crippen LogP contribution in [0.1, 0.15) is 28.8 Å². The smallest absolute Gasteiger partial charge is 0.293 e. The maximum atomic E-state index is 13.4. The Bertz CT molecular complexity index is 2460. The summed E-state index contributed by atoms with van der Waals surface area (Å²) in [6.45, 7) is 4.60. The fourth-order valence-electron chi connectivity index (χ4n) is 7.05. The second-order valence-electron chi connectivity index (χ2n) is 14.7. The van der Waals surface area contributed by atoms with E-state index in [1.54, 1.807) is 42.5 Å². The van der Waals surface area contributed by atoms with Gasteiger partial charge in [0.2, 0.25) is 0 Å². The summed E-state index contributed by atoms with van der Waals surface area (Å²) in [5.74, 6) is -1.23.